The van der Waals surface area contributed by atoms with Gasteiger partial charge in [0.1, 0.15) is 17.4 Å². The Balaban J connectivity index is 2.05. The number of pyridine rings is 1. The highest BCUT2D eigenvalue weighted by Gasteiger charge is 2.09. The SMILES string of the molecule is N#C/C(=C/Nc1cccnc1)C(=O)Nc1ccc(O)cc1. The van der Waals surface area contributed by atoms with Crippen molar-refractivity contribution >= 4 is 17.3 Å². The maximum atomic E-state index is 11.9. The van der Waals surface area contributed by atoms with Crippen molar-refractivity contribution < 1.29 is 9.90 Å². The van der Waals surface area contributed by atoms with E-state index >= 15 is 0 Å². The lowest BCUT2D eigenvalue weighted by Crippen LogP contribution is -2.14. The Kier molecular flexibility index (Phi) is 4.51. The molecular weight excluding hydrogens is 268 g/mol. The molecule has 3 N–H and O–H groups in total. The van der Waals surface area contributed by atoms with Gasteiger partial charge in [-0.2, -0.15) is 5.26 Å². The Hall–Kier alpha value is -3.33. The second-order valence-electron chi connectivity index (χ2n) is 4.06. The van der Waals surface area contributed by atoms with Crippen molar-refractivity contribution in [2.45, 2.75) is 0 Å². The Bertz CT molecular complexity index is 688. The van der Waals surface area contributed by atoms with E-state index in [0.717, 1.165) is 0 Å². The first-order valence-electron chi connectivity index (χ1n) is 6.06. The number of phenolic OH excluding ortho intramolecular Hbond substituents is 1. The molecule has 1 aromatic carbocycles. The normalized spacial score (nSPS) is 10.5. The first kappa shape index (κ1) is 14.1. The number of nitriles is 1. The minimum absolute atomic E-state index is 0.0769. The number of aromatic nitrogens is 1. The average Bonchev–Trinajstić information content (AvgIpc) is 2.51. The predicted molar refractivity (Wildman–Crippen MR) is 78.3 cm³/mol. The third kappa shape index (κ3) is 4.08. The number of rotatable bonds is 4. The van der Waals surface area contributed by atoms with Gasteiger partial charge in [0.25, 0.3) is 5.91 Å². The van der Waals surface area contributed by atoms with Crippen LogP contribution in [0.3, 0.4) is 0 Å². The molecule has 21 heavy (non-hydrogen) atoms. The van der Waals surface area contributed by atoms with Crippen molar-refractivity contribution in [1.29, 1.82) is 5.26 Å². The number of nitrogens with zero attached hydrogens (tertiary/aromatic N) is 2. The van der Waals surface area contributed by atoms with Crippen LogP contribution in [-0.4, -0.2) is 16.0 Å². The number of carbonyl (C=O) groups excluding carboxylic acids is 1. The van der Waals surface area contributed by atoms with E-state index in [0.29, 0.717) is 11.4 Å². The number of benzene rings is 1. The standard InChI is InChI=1S/C15H12N4O2/c16-8-11(9-18-13-2-1-7-17-10-13)15(21)19-12-3-5-14(20)6-4-12/h1-7,9-10,18,20H,(H,19,21)/b11-9-. The summed E-state index contributed by atoms with van der Waals surface area (Å²) in [5, 5.41) is 23.6. The van der Waals surface area contributed by atoms with Gasteiger partial charge in [0.05, 0.1) is 11.9 Å². The van der Waals surface area contributed by atoms with Crippen molar-refractivity contribution in [2.75, 3.05) is 10.6 Å². The molecule has 1 heterocycles. The smallest absolute Gasteiger partial charge is 0.267 e. The minimum atomic E-state index is -0.542. The summed E-state index contributed by atoms with van der Waals surface area (Å²) in [5.41, 5.74) is 1.08. The molecule has 0 saturated heterocycles. The van der Waals surface area contributed by atoms with E-state index in [1.807, 2.05) is 6.07 Å². The average molecular weight is 280 g/mol. The quantitative estimate of drug-likeness (QED) is 0.453. The summed E-state index contributed by atoms with van der Waals surface area (Å²) in [6, 6.07) is 11.3. The number of carbonyl (C=O) groups is 1. The second kappa shape index (κ2) is 6.73. The fourth-order valence-electron chi connectivity index (χ4n) is 1.50. The van der Waals surface area contributed by atoms with Gasteiger partial charge in [-0.05, 0) is 36.4 Å². The van der Waals surface area contributed by atoms with E-state index in [4.69, 9.17) is 10.4 Å². The molecule has 0 saturated carbocycles. The van der Waals surface area contributed by atoms with Crippen LogP contribution in [0.25, 0.3) is 0 Å². The van der Waals surface area contributed by atoms with Crippen molar-refractivity contribution in [1.82, 2.24) is 4.98 Å². The molecule has 2 rings (SSSR count). The third-order valence-corrected chi connectivity index (χ3v) is 2.53. The van der Waals surface area contributed by atoms with Gasteiger partial charge in [-0.25, -0.2) is 0 Å². The fourth-order valence-corrected chi connectivity index (χ4v) is 1.50. The number of anilines is 2. The zero-order valence-corrected chi connectivity index (χ0v) is 10.9. The van der Waals surface area contributed by atoms with Crippen LogP contribution in [0.15, 0.2) is 60.6 Å². The number of nitrogens with one attached hydrogen (secondary N) is 2. The summed E-state index contributed by atoms with van der Waals surface area (Å²) in [4.78, 5) is 15.8. The van der Waals surface area contributed by atoms with E-state index < -0.39 is 5.91 Å². The van der Waals surface area contributed by atoms with Crippen LogP contribution in [0.1, 0.15) is 0 Å². The van der Waals surface area contributed by atoms with Gasteiger partial charge in [0.15, 0.2) is 0 Å². The predicted octanol–water partition coefficient (Wildman–Crippen LogP) is 2.25. The lowest BCUT2D eigenvalue weighted by atomic mass is 10.2. The van der Waals surface area contributed by atoms with Crippen molar-refractivity contribution in [3.8, 4) is 11.8 Å². The van der Waals surface area contributed by atoms with Crippen LogP contribution in [-0.2, 0) is 4.79 Å². The molecule has 0 unspecified atom stereocenters. The molecule has 0 atom stereocenters. The zero-order valence-electron chi connectivity index (χ0n) is 10.9. The highest BCUT2D eigenvalue weighted by atomic mass is 16.3. The van der Waals surface area contributed by atoms with E-state index in [1.165, 1.54) is 30.5 Å². The molecular formula is C15H12N4O2. The summed E-state index contributed by atoms with van der Waals surface area (Å²) in [6.45, 7) is 0. The molecule has 0 radical (unpaired) electrons. The van der Waals surface area contributed by atoms with Crippen LogP contribution in [0, 0.1) is 11.3 Å². The van der Waals surface area contributed by atoms with Gasteiger partial charge < -0.3 is 15.7 Å². The van der Waals surface area contributed by atoms with Crippen molar-refractivity contribution in [2.24, 2.45) is 0 Å². The van der Waals surface area contributed by atoms with Gasteiger partial charge in [-0.3, -0.25) is 9.78 Å². The maximum absolute atomic E-state index is 11.9. The number of amides is 1. The number of aromatic hydroxyl groups is 1. The largest absolute Gasteiger partial charge is 0.508 e. The molecule has 104 valence electrons. The van der Waals surface area contributed by atoms with Crippen LogP contribution >= 0.6 is 0 Å². The molecule has 0 aliphatic carbocycles. The van der Waals surface area contributed by atoms with Gasteiger partial charge in [-0.1, -0.05) is 0 Å². The molecule has 0 fully saturated rings. The summed E-state index contributed by atoms with van der Waals surface area (Å²) < 4.78 is 0. The molecule has 0 spiro atoms. The summed E-state index contributed by atoms with van der Waals surface area (Å²) in [5.74, 6) is -0.443. The molecule has 0 aliphatic heterocycles. The van der Waals surface area contributed by atoms with Crippen molar-refractivity contribution in [3.63, 3.8) is 0 Å². The molecule has 6 heteroatoms. The Labute approximate surface area is 121 Å². The van der Waals surface area contributed by atoms with Gasteiger partial charge >= 0.3 is 0 Å². The van der Waals surface area contributed by atoms with Crippen LogP contribution in [0.2, 0.25) is 0 Å². The van der Waals surface area contributed by atoms with Gasteiger partial charge in [-0.15, -0.1) is 0 Å². The molecule has 0 aliphatic rings. The highest BCUT2D eigenvalue weighted by molar-refractivity contribution is 6.06. The van der Waals surface area contributed by atoms with E-state index in [2.05, 4.69) is 15.6 Å². The molecule has 1 amide bonds. The number of hydrogen-bond acceptors (Lipinski definition) is 5. The molecule has 2 aromatic rings. The highest BCUT2D eigenvalue weighted by Crippen LogP contribution is 2.14. The first-order valence-corrected chi connectivity index (χ1v) is 6.06. The first-order chi connectivity index (χ1) is 10.2. The number of hydrogen-bond donors (Lipinski definition) is 3. The molecule has 1 aromatic heterocycles. The van der Waals surface area contributed by atoms with E-state index in [-0.39, 0.29) is 11.3 Å². The Morgan fingerprint density at radius 3 is 2.62 bits per heavy atom. The molecule has 0 bridgehead atoms. The second-order valence-corrected chi connectivity index (χ2v) is 4.06. The third-order valence-electron chi connectivity index (χ3n) is 2.53. The van der Waals surface area contributed by atoms with Crippen molar-refractivity contribution in [3.05, 3.63) is 60.6 Å². The summed E-state index contributed by atoms with van der Waals surface area (Å²) in [6.07, 6.45) is 4.51. The fraction of sp³-hybridized carbons (Fsp3) is 0. The lowest BCUT2D eigenvalue weighted by Gasteiger charge is -2.05. The van der Waals surface area contributed by atoms with Crippen LogP contribution < -0.4 is 10.6 Å². The topological polar surface area (TPSA) is 98.0 Å². The Morgan fingerprint density at radius 2 is 2.00 bits per heavy atom. The minimum Gasteiger partial charge on any atom is -0.508 e. The zero-order chi connectivity index (χ0) is 15.1. The van der Waals surface area contributed by atoms with Gasteiger partial charge in [0.2, 0.25) is 0 Å². The Morgan fingerprint density at radius 1 is 1.24 bits per heavy atom. The van der Waals surface area contributed by atoms with Crippen LogP contribution in [0.4, 0.5) is 11.4 Å². The summed E-state index contributed by atoms with van der Waals surface area (Å²) in [7, 11) is 0. The van der Waals surface area contributed by atoms with E-state index in [1.54, 1.807) is 24.5 Å². The van der Waals surface area contributed by atoms with Gasteiger partial charge in [0, 0.05) is 18.1 Å². The van der Waals surface area contributed by atoms with E-state index in [9.17, 15) is 4.79 Å². The maximum Gasteiger partial charge on any atom is 0.267 e. The summed E-state index contributed by atoms with van der Waals surface area (Å²) >= 11 is 0. The van der Waals surface area contributed by atoms with Crippen LogP contribution in [0.5, 0.6) is 5.75 Å². The lowest BCUT2D eigenvalue weighted by molar-refractivity contribution is -0.112. The number of phenols is 1. The molecule has 6 nitrogen and oxygen atoms in total. The monoisotopic (exact) mass is 280 g/mol.